The van der Waals surface area contributed by atoms with Crippen LogP contribution >= 0.6 is 23.2 Å². The standard InChI is InChI=1S/C21H25Cl2N3O3S/c1-15-3-5-17(6-4-15)14-24-21(27)16(2)25-9-11-26(12-10-25)30(28,29)20-13-18(22)7-8-19(20)23/h3-8,13,16H,9-12,14H2,1-2H3,(H,24,27). The average molecular weight is 470 g/mol. The van der Waals surface area contributed by atoms with Crippen LogP contribution in [-0.2, 0) is 21.4 Å². The van der Waals surface area contributed by atoms with Gasteiger partial charge in [0, 0.05) is 37.7 Å². The van der Waals surface area contributed by atoms with E-state index in [-0.39, 0.29) is 35.0 Å². The molecule has 1 unspecified atom stereocenters. The predicted octanol–water partition coefficient (Wildman–Crippen LogP) is 3.31. The van der Waals surface area contributed by atoms with Gasteiger partial charge in [-0.3, -0.25) is 9.69 Å². The van der Waals surface area contributed by atoms with Crippen molar-refractivity contribution in [1.29, 1.82) is 0 Å². The molecule has 30 heavy (non-hydrogen) atoms. The second kappa shape index (κ2) is 9.66. The second-order valence-corrected chi connectivity index (χ2v) is 10.1. The minimum absolute atomic E-state index is 0.00834. The third-order valence-corrected chi connectivity index (χ3v) is 7.91. The number of hydrogen-bond acceptors (Lipinski definition) is 4. The maximum Gasteiger partial charge on any atom is 0.244 e. The van der Waals surface area contributed by atoms with Crippen LogP contribution in [0.2, 0.25) is 10.0 Å². The summed E-state index contributed by atoms with van der Waals surface area (Å²) >= 11 is 12.0. The number of sulfonamides is 1. The Morgan fingerprint density at radius 3 is 2.33 bits per heavy atom. The van der Waals surface area contributed by atoms with Gasteiger partial charge in [-0.25, -0.2) is 8.42 Å². The zero-order valence-electron chi connectivity index (χ0n) is 16.9. The highest BCUT2D eigenvalue weighted by atomic mass is 35.5. The van der Waals surface area contributed by atoms with Crippen molar-refractivity contribution in [3.8, 4) is 0 Å². The van der Waals surface area contributed by atoms with Crippen LogP contribution in [-0.4, -0.2) is 55.8 Å². The van der Waals surface area contributed by atoms with Gasteiger partial charge in [-0.15, -0.1) is 0 Å². The minimum atomic E-state index is -3.74. The van der Waals surface area contributed by atoms with E-state index in [1.165, 1.54) is 22.0 Å². The molecule has 9 heteroatoms. The first-order chi connectivity index (χ1) is 14.2. The third-order valence-electron chi connectivity index (χ3n) is 5.30. The van der Waals surface area contributed by atoms with Crippen molar-refractivity contribution in [2.45, 2.75) is 31.3 Å². The van der Waals surface area contributed by atoms with Crippen LogP contribution in [0.1, 0.15) is 18.1 Å². The summed E-state index contributed by atoms with van der Waals surface area (Å²) in [5, 5.41) is 3.41. The average Bonchev–Trinajstić information content (AvgIpc) is 2.74. The summed E-state index contributed by atoms with van der Waals surface area (Å²) in [7, 11) is -3.74. The lowest BCUT2D eigenvalue weighted by atomic mass is 10.1. The Morgan fingerprint density at radius 1 is 1.07 bits per heavy atom. The van der Waals surface area contributed by atoms with Crippen LogP contribution in [0.5, 0.6) is 0 Å². The number of carbonyl (C=O) groups is 1. The molecule has 0 radical (unpaired) electrons. The Labute approximate surface area is 187 Å². The Hall–Kier alpha value is -1.64. The first-order valence-electron chi connectivity index (χ1n) is 9.71. The normalized spacial score (nSPS) is 16.9. The van der Waals surface area contributed by atoms with Crippen LogP contribution in [0.15, 0.2) is 47.4 Å². The highest BCUT2D eigenvalue weighted by Gasteiger charge is 2.33. The molecule has 1 aliphatic heterocycles. The molecule has 1 aliphatic rings. The molecular formula is C21H25Cl2N3O3S. The van der Waals surface area contributed by atoms with Crippen molar-refractivity contribution >= 4 is 39.1 Å². The van der Waals surface area contributed by atoms with Crippen LogP contribution in [0.3, 0.4) is 0 Å². The second-order valence-electron chi connectivity index (χ2n) is 7.39. The molecule has 0 aliphatic carbocycles. The number of carbonyl (C=O) groups excluding carboxylic acids is 1. The number of benzene rings is 2. The zero-order chi connectivity index (χ0) is 21.9. The van der Waals surface area contributed by atoms with Crippen LogP contribution in [0, 0.1) is 6.92 Å². The molecule has 2 aromatic rings. The first kappa shape index (κ1) is 23.0. The summed E-state index contributed by atoms with van der Waals surface area (Å²) in [4.78, 5) is 14.5. The van der Waals surface area contributed by atoms with E-state index in [0.717, 1.165) is 5.56 Å². The van der Waals surface area contributed by atoms with Gasteiger partial charge in [0.15, 0.2) is 0 Å². The molecule has 3 rings (SSSR count). The third kappa shape index (κ3) is 5.34. The molecule has 0 spiro atoms. The molecule has 1 heterocycles. The summed E-state index contributed by atoms with van der Waals surface area (Å²) in [5.74, 6) is -0.0789. The molecule has 6 nitrogen and oxygen atoms in total. The maximum absolute atomic E-state index is 12.9. The number of amides is 1. The molecular weight excluding hydrogens is 445 g/mol. The Bertz CT molecular complexity index is 1000. The summed E-state index contributed by atoms with van der Waals surface area (Å²) in [6.45, 7) is 5.78. The lowest BCUT2D eigenvalue weighted by Crippen LogP contribution is -2.54. The van der Waals surface area contributed by atoms with Gasteiger partial charge in [0.05, 0.1) is 11.1 Å². The summed E-state index contributed by atoms with van der Waals surface area (Å²) in [6.07, 6.45) is 0. The van der Waals surface area contributed by atoms with Gasteiger partial charge in [-0.2, -0.15) is 4.31 Å². The zero-order valence-corrected chi connectivity index (χ0v) is 19.3. The van der Waals surface area contributed by atoms with E-state index >= 15 is 0 Å². The van der Waals surface area contributed by atoms with E-state index in [9.17, 15) is 13.2 Å². The number of halogens is 2. The van der Waals surface area contributed by atoms with Crippen LogP contribution in [0.25, 0.3) is 0 Å². The molecule has 1 N–H and O–H groups in total. The highest BCUT2D eigenvalue weighted by Crippen LogP contribution is 2.28. The Morgan fingerprint density at radius 2 is 1.70 bits per heavy atom. The van der Waals surface area contributed by atoms with E-state index in [0.29, 0.717) is 24.7 Å². The molecule has 1 saturated heterocycles. The van der Waals surface area contributed by atoms with Crippen molar-refractivity contribution in [1.82, 2.24) is 14.5 Å². The molecule has 1 fully saturated rings. The number of nitrogens with zero attached hydrogens (tertiary/aromatic N) is 2. The van der Waals surface area contributed by atoms with Crippen LogP contribution in [0.4, 0.5) is 0 Å². The molecule has 2 aromatic carbocycles. The number of nitrogens with one attached hydrogen (secondary N) is 1. The van der Waals surface area contributed by atoms with Crippen molar-refractivity contribution in [2.75, 3.05) is 26.2 Å². The monoisotopic (exact) mass is 469 g/mol. The number of hydrogen-bond donors (Lipinski definition) is 1. The fourth-order valence-corrected chi connectivity index (χ4v) is 5.51. The van der Waals surface area contributed by atoms with E-state index in [4.69, 9.17) is 23.2 Å². The van der Waals surface area contributed by atoms with Gasteiger partial charge in [-0.1, -0.05) is 53.0 Å². The molecule has 1 atom stereocenters. The van der Waals surface area contributed by atoms with E-state index in [1.807, 2.05) is 43.0 Å². The van der Waals surface area contributed by atoms with Gasteiger partial charge < -0.3 is 5.32 Å². The van der Waals surface area contributed by atoms with Gasteiger partial charge >= 0.3 is 0 Å². The van der Waals surface area contributed by atoms with Crippen molar-refractivity contribution in [2.24, 2.45) is 0 Å². The molecule has 1 amide bonds. The number of rotatable bonds is 6. The summed E-state index contributed by atoms with van der Waals surface area (Å²) in [5.41, 5.74) is 2.21. The minimum Gasteiger partial charge on any atom is -0.351 e. The SMILES string of the molecule is Cc1ccc(CNC(=O)C(C)N2CCN(S(=O)(=O)c3cc(Cl)ccc3Cl)CC2)cc1. The number of aryl methyl sites for hydroxylation is 1. The van der Waals surface area contributed by atoms with Crippen LogP contribution < -0.4 is 5.32 Å². The first-order valence-corrected chi connectivity index (χ1v) is 11.9. The smallest absolute Gasteiger partial charge is 0.244 e. The Kier molecular flexibility index (Phi) is 7.42. The van der Waals surface area contributed by atoms with Gasteiger partial charge in [-0.05, 0) is 37.6 Å². The van der Waals surface area contributed by atoms with Crippen molar-refractivity contribution in [3.63, 3.8) is 0 Å². The number of piperazine rings is 1. The fourth-order valence-electron chi connectivity index (χ4n) is 3.35. The maximum atomic E-state index is 12.9. The summed E-state index contributed by atoms with van der Waals surface area (Å²) in [6, 6.07) is 12.1. The lowest BCUT2D eigenvalue weighted by Gasteiger charge is -2.36. The Balaban J connectivity index is 1.57. The summed E-state index contributed by atoms with van der Waals surface area (Å²) < 4.78 is 27.3. The van der Waals surface area contributed by atoms with E-state index in [2.05, 4.69) is 5.32 Å². The van der Waals surface area contributed by atoms with E-state index in [1.54, 1.807) is 6.07 Å². The topological polar surface area (TPSA) is 69.7 Å². The highest BCUT2D eigenvalue weighted by molar-refractivity contribution is 7.89. The molecule has 162 valence electrons. The van der Waals surface area contributed by atoms with Gasteiger partial charge in [0.1, 0.15) is 4.90 Å². The quantitative estimate of drug-likeness (QED) is 0.704. The molecule has 0 saturated carbocycles. The predicted molar refractivity (Wildman–Crippen MR) is 119 cm³/mol. The molecule has 0 bridgehead atoms. The van der Waals surface area contributed by atoms with Crippen molar-refractivity contribution < 1.29 is 13.2 Å². The van der Waals surface area contributed by atoms with E-state index < -0.39 is 10.0 Å². The van der Waals surface area contributed by atoms with Gasteiger partial charge in [0.2, 0.25) is 15.9 Å². The van der Waals surface area contributed by atoms with Crippen molar-refractivity contribution in [3.05, 3.63) is 63.6 Å². The fraction of sp³-hybridized carbons (Fsp3) is 0.381. The largest absolute Gasteiger partial charge is 0.351 e. The molecule has 0 aromatic heterocycles. The lowest BCUT2D eigenvalue weighted by molar-refractivity contribution is -0.126. The van der Waals surface area contributed by atoms with Gasteiger partial charge in [0.25, 0.3) is 0 Å².